The molecule has 0 saturated heterocycles. The second-order valence-electron chi connectivity index (χ2n) is 5.01. The van der Waals surface area contributed by atoms with Gasteiger partial charge in [-0.1, -0.05) is 41.5 Å². The molecule has 21 heavy (non-hydrogen) atoms. The van der Waals surface area contributed by atoms with Crippen LogP contribution in [0.3, 0.4) is 0 Å². The van der Waals surface area contributed by atoms with Crippen molar-refractivity contribution in [1.29, 1.82) is 0 Å². The maximum absolute atomic E-state index is 12.4. The minimum atomic E-state index is -3.57. The standard InChI is InChI=1S/C17H19NO2S/c1-4-5-15-12-14(3)8-11-17(15)18-21(19,20)16-9-6-13(2)7-10-16/h4-12,18H,1-3H3. The fourth-order valence-electron chi connectivity index (χ4n) is 2.01. The van der Waals surface area contributed by atoms with Crippen molar-refractivity contribution in [2.75, 3.05) is 4.72 Å². The first-order valence-electron chi connectivity index (χ1n) is 6.75. The molecule has 0 amide bonds. The molecular formula is C17H19NO2S. The van der Waals surface area contributed by atoms with Gasteiger partial charge in [0.2, 0.25) is 0 Å². The van der Waals surface area contributed by atoms with E-state index in [1.54, 1.807) is 30.3 Å². The lowest BCUT2D eigenvalue weighted by molar-refractivity contribution is 0.601. The van der Waals surface area contributed by atoms with Crippen LogP contribution in [0.15, 0.2) is 53.4 Å². The van der Waals surface area contributed by atoms with E-state index in [0.717, 1.165) is 16.7 Å². The van der Waals surface area contributed by atoms with E-state index in [-0.39, 0.29) is 4.90 Å². The molecule has 0 heterocycles. The average molecular weight is 301 g/mol. The summed E-state index contributed by atoms with van der Waals surface area (Å²) in [5.74, 6) is 0. The largest absolute Gasteiger partial charge is 0.279 e. The molecule has 2 rings (SSSR count). The van der Waals surface area contributed by atoms with Crippen LogP contribution in [0.1, 0.15) is 23.6 Å². The summed E-state index contributed by atoms with van der Waals surface area (Å²) in [5.41, 5.74) is 3.55. The van der Waals surface area contributed by atoms with Crippen LogP contribution in [0.25, 0.3) is 6.08 Å². The van der Waals surface area contributed by atoms with Crippen molar-refractivity contribution in [2.24, 2.45) is 0 Å². The average Bonchev–Trinajstić information content (AvgIpc) is 2.42. The molecule has 0 atom stereocenters. The number of aryl methyl sites for hydroxylation is 2. The lowest BCUT2D eigenvalue weighted by Gasteiger charge is -2.11. The van der Waals surface area contributed by atoms with Crippen molar-refractivity contribution in [3.63, 3.8) is 0 Å². The summed E-state index contributed by atoms with van der Waals surface area (Å²) in [6.45, 7) is 5.81. The molecule has 0 bridgehead atoms. The van der Waals surface area contributed by atoms with Gasteiger partial charge in [0.15, 0.2) is 0 Å². The Kier molecular flexibility index (Phi) is 4.48. The number of sulfonamides is 1. The molecule has 0 fully saturated rings. The Labute approximate surface area is 126 Å². The number of hydrogen-bond donors (Lipinski definition) is 1. The fraction of sp³-hybridized carbons (Fsp3) is 0.176. The third-order valence-electron chi connectivity index (χ3n) is 3.13. The first-order valence-corrected chi connectivity index (χ1v) is 8.23. The summed E-state index contributed by atoms with van der Waals surface area (Å²) in [7, 11) is -3.57. The van der Waals surface area contributed by atoms with Crippen molar-refractivity contribution in [3.05, 3.63) is 65.2 Å². The Hall–Kier alpha value is -2.07. The van der Waals surface area contributed by atoms with Crippen LogP contribution in [0.2, 0.25) is 0 Å². The van der Waals surface area contributed by atoms with Gasteiger partial charge in [-0.25, -0.2) is 8.42 Å². The van der Waals surface area contributed by atoms with Gasteiger partial charge in [0, 0.05) is 0 Å². The van der Waals surface area contributed by atoms with Gasteiger partial charge < -0.3 is 0 Å². The van der Waals surface area contributed by atoms with Crippen molar-refractivity contribution in [2.45, 2.75) is 25.7 Å². The molecule has 0 saturated carbocycles. The zero-order chi connectivity index (χ0) is 15.5. The van der Waals surface area contributed by atoms with Crippen molar-refractivity contribution < 1.29 is 8.42 Å². The molecule has 2 aromatic rings. The predicted octanol–water partition coefficient (Wildman–Crippen LogP) is 4.14. The number of anilines is 1. The Morgan fingerprint density at radius 2 is 1.57 bits per heavy atom. The highest BCUT2D eigenvalue weighted by Crippen LogP contribution is 2.23. The quantitative estimate of drug-likeness (QED) is 0.922. The summed E-state index contributed by atoms with van der Waals surface area (Å²) in [6, 6.07) is 12.4. The molecule has 110 valence electrons. The zero-order valence-corrected chi connectivity index (χ0v) is 13.2. The first-order chi connectivity index (χ1) is 9.92. The van der Waals surface area contributed by atoms with Crippen LogP contribution in [0.5, 0.6) is 0 Å². The van der Waals surface area contributed by atoms with Gasteiger partial charge in [-0.3, -0.25) is 4.72 Å². The van der Waals surface area contributed by atoms with Crippen molar-refractivity contribution in [1.82, 2.24) is 0 Å². The number of hydrogen-bond acceptors (Lipinski definition) is 2. The predicted molar refractivity (Wildman–Crippen MR) is 87.9 cm³/mol. The Morgan fingerprint density at radius 1 is 0.952 bits per heavy atom. The maximum atomic E-state index is 12.4. The summed E-state index contributed by atoms with van der Waals surface area (Å²) in [6.07, 6.45) is 3.78. The Balaban J connectivity index is 2.39. The number of nitrogens with one attached hydrogen (secondary N) is 1. The van der Waals surface area contributed by atoms with Gasteiger partial charge in [-0.2, -0.15) is 0 Å². The molecule has 3 nitrogen and oxygen atoms in total. The van der Waals surface area contributed by atoms with Gasteiger partial charge >= 0.3 is 0 Å². The Bertz CT molecular complexity index is 760. The van der Waals surface area contributed by atoms with Gasteiger partial charge in [-0.05, 0) is 50.6 Å². The van der Waals surface area contributed by atoms with E-state index in [0.29, 0.717) is 5.69 Å². The smallest absolute Gasteiger partial charge is 0.261 e. The number of allylic oxidation sites excluding steroid dienone is 1. The minimum absolute atomic E-state index is 0.264. The van der Waals surface area contributed by atoms with E-state index < -0.39 is 10.0 Å². The second kappa shape index (κ2) is 6.14. The van der Waals surface area contributed by atoms with E-state index in [2.05, 4.69) is 4.72 Å². The topological polar surface area (TPSA) is 46.2 Å². The third-order valence-corrected chi connectivity index (χ3v) is 4.51. The van der Waals surface area contributed by atoms with E-state index in [1.165, 1.54) is 0 Å². The van der Waals surface area contributed by atoms with Crippen LogP contribution in [-0.4, -0.2) is 8.42 Å². The molecule has 0 aliphatic rings. The van der Waals surface area contributed by atoms with Gasteiger partial charge in [-0.15, -0.1) is 0 Å². The van der Waals surface area contributed by atoms with Gasteiger partial charge in [0.05, 0.1) is 10.6 Å². The van der Waals surface area contributed by atoms with E-state index in [4.69, 9.17) is 0 Å². The summed E-state index contributed by atoms with van der Waals surface area (Å²) in [5, 5.41) is 0. The number of benzene rings is 2. The first kappa shape index (κ1) is 15.3. The molecule has 1 N–H and O–H groups in total. The Morgan fingerprint density at radius 3 is 2.19 bits per heavy atom. The highest BCUT2D eigenvalue weighted by molar-refractivity contribution is 7.92. The fourth-order valence-corrected chi connectivity index (χ4v) is 3.10. The van der Waals surface area contributed by atoms with Crippen LogP contribution < -0.4 is 4.72 Å². The van der Waals surface area contributed by atoms with Crippen LogP contribution in [0.4, 0.5) is 5.69 Å². The molecule has 4 heteroatoms. The highest BCUT2D eigenvalue weighted by Gasteiger charge is 2.15. The lowest BCUT2D eigenvalue weighted by atomic mass is 10.1. The highest BCUT2D eigenvalue weighted by atomic mass is 32.2. The van der Waals surface area contributed by atoms with Crippen LogP contribution in [0, 0.1) is 13.8 Å². The van der Waals surface area contributed by atoms with E-state index in [9.17, 15) is 8.42 Å². The molecule has 0 radical (unpaired) electrons. The molecular weight excluding hydrogens is 282 g/mol. The molecule has 0 aliphatic carbocycles. The molecule has 0 aliphatic heterocycles. The van der Waals surface area contributed by atoms with Gasteiger partial charge in [0.1, 0.15) is 0 Å². The molecule has 0 unspecified atom stereocenters. The normalized spacial score (nSPS) is 11.8. The lowest BCUT2D eigenvalue weighted by Crippen LogP contribution is -2.13. The monoisotopic (exact) mass is 301 g/mol. The summed E-state index contributed by atoms with van der Waals surface area (Å²) >= 11 is 0. The number of rotatable bonds is 4. The van der Waals surface area contributed by atoms with Crippen LogP contribution >= 0.6 is 0 Å². The zero-order valence-electron chi connectivity index (χ0n) is 12.4. The maximum Gasteiger partial charge on any atom is 0.261 e. The van der Waals surface area contributed by atoms with Crippen molar-refractivity contribution >= 4 is 21.8 Å². The molecule has 0 aromatic heterocycles. The minimum Gasteiger partial charge on any atom is -0.279 e. The van der Waals surface area contributed by atoms with E-state index in [1.807, 2.05) is 45.1 Å². The van der Waals surface area contributed by atoms with E-state index >= 15 is 0 Å². The third kappa shape index (κ3) is 3.73. The SMILES string of the molecule is CC=Cc1cc(C)ccc1NS(=O)(=O)c1ccc(C)cc1. The molecule has 0 spiro atoms. The van der Waals surface area contributed by atoms with Crippen LogP contribution in [-0.2, 0) is 10.0 Å². The summed E-state index contributed by atoms with van der Waals surface area (Å²) < 4.78 is 27.5. The van der Waals surface area contributed by atoms with Crippen molar-refractivity contribution in [3.8, 4) is 0 Å². The van der Waals surface area contributed by atoms with Gasteiger partial charge in [0.25, 0.3) is 10.0 Å². The molecule has 2 aromatic carbocycles. The second-order valence-corrected chi connectivity index (χ2v) is 6.69. The summed E-state index contributed by atoms with van der Waals surface area (Å²) in [4.78, 5) is 0.264.